The molecule has 2 rings (SSSR count). The van der Waals surface area contributed by atoms with Crippen LogP contribution in [-0.4, -0.2) is 42.2 Å². The zero-order chi connectivity index (χ0) is 11.4. The molecule has 1 aliphatic heterocycles. The van der Waals surface area contributed by atoms with Crippen molar-refractivity contribution in [3.8, 4) is 0 Å². The van der Waals surface area contributed by atoms with Crippen molar-refractivity contribution in [1.29, 1.82) is 0 Å². The average Bonchev–Trinajstić information content (AvgIpc) is 2.66. The van der Waals surface area contributed by atoms with Crippen LogP contribution < -0.4 is 5.32 Å². The molecule has 0 aliphatic carbocycles. The number of hydrogen-bond acceptors (Lipinski definition) is 5. The highest BCUT2D eigenvalue weighted by atomic mass is 16.5. The third-order valence-corrected chi connectivity index (χ3v) is 2.89. The number of nitrogens with zero attached hydrogens (tertiary/aromatic N) is 3. The Morgan fingerprint density at radius 1 is 1.38 bits per heavy atom. The normalized spacial score (nSPS) is 18.2. The van der Waals surface area contributed by atoms with Crippen molar-refractivity contribution in [2.24, 2.45) is 5.92 Å². The third kappa shape index (κ3) is 3.28. The number of nitrogens with one attached hydrogen (secondary N) is 1. The summed E-state index contributed by atoms with van der Waals surface area (Å²) in [6, 6.07) is 0. The molecule has 1 aliphatic rings. The van der Waals surface area contributed by atoms with E-state index in [2.05, 4.69) is 15.5 Å². The summed E-state index contributed by atoms with van der Waals surface area (Å²) in [6.45, 7) is 2.97. The SMILES string of the molecule is CN(C)Cc1noc(CC2CCNCC2)n1. The van der Waals surface area contributed by atoms with Crippen molar-refractivity contribution in [2.75, 3.05) is 27.2 Å². The van der Waals surface area contributed by atoms with E-state index in [-0.39, 0.29) is 0 Å². The van der Waals surface area contributed by atoms with Gasteiger partial charge in [0.1, 0.15) is 0 Å². The second-order valence-corrected chi connectivity index (χ2v) is 4.74. The molecule has 1 fully saturated rings. The summed E-state index contributed by atoms with van der Waals surface area (Å²) in [5.41, 5.74) is 0. The number of piperidine rings is 1. The van der Waals surface area contributed by atoms with Gasteiger partial charge in [-0.3, -0.25) is 0 Å². The fourth-order valence-corrected chi connectivity index (χ4v) is 2.05. The van der Waals surface area contributed by atoms with Crippen LogP contribution in [0.25, 0.3) is 0 Å². The third-order valence-electron chi connectivity index (χ3n) is 2.89. The Hall–Kier alpha value is -0.940. The van der Waals surface area contributed by atoms with E-state index in [0.717, 1.165) is 37.8 Å². The topological polar surface area (TPSA) is 54.2 Å². The molecule has 1 aromatic rings. The molecule has 5 nitrogen and oxygen atoms in total. The largest absolute Gasteiger partial charge is 0.339 e. The molecule has 2 heterocycles. The van der Waals surface area contributed by atoms with Gasteiger partial charge in [0.25, 0.3) is 0 Å². The quantitative estimate of drug-likeness (QED) is 0.815. The van der Waals surface area contributed by atoms with E-state index in [4.69, 9.17) is 4.52 Å². The zero-order valence-electron chi connectivity index (χ0n) is 10.1. The Labute approximate surface area is 96.2 Å². The second-order valence-electron chi connectivity index (χ2n) is 4.74. The van der Waals surface area contributed by atoms with Gasteiger partial charge in [-0.05, 0) is 45.9 Å². The molecule has 0 spiro atoms. The van der Waals surface area contributed by atoms with E-state index in [1.165, 1.54) is 12.8 Å². The summed E-state index contributed by atoms with van der Waals surface area (Å²) < 4.78 is 5.26. The summed E-state index contributed by atoms with van der Waals surface area (Å²) in [7, 11) is 4.01. The highest BCUT2D eigenvalue weighted by Gasteiger charge is 2.17. The lowest BCUT2D eigenvalue weighted by atomic mass is 9.95. The van der Waals surface area contributed by atoms with E-state index in [1.54, 1.807) is 0 Å². The summed E-state index contributed by atoms with van der Waals surface area (Å²) >= 11 is 0. The van der Waals surface area contributed by atoms with Crippen LogP contribution in [0.15, 0.2) is 4.52 Å². The lowest BCUT2D eigenvalue weighted by Crippen LogP contribution is -2.28. The highest BCUT2D eigenvalue weighted by Crippen LogP contribution is 2.16. The molecule has 0 atom stereocenters. The lowest BCUT2D eigenvalue weighted by molar-refractivity contribution is 0.308. The highest BCUT2D eigenvalue weighted by molar-refractivity contribution is 4.88. The Morgan fingerprint density at radius 2 is 2.12 bits per heavy atom. The van der Waals surface area contributed by atoms with E-state index in [1.807, 2.05) is 19.0 Å². The lowest BCUT2D eigenvalue weighted by Gasteiger charge is -2.20. The first kappa shape index (κ1) is 11.5. The molecule has 0 bridgehead atoms. The molecular formula is C11H20N4O. The number of aromatic nitrogens is 2. The minimum Gasteiger partial charge on any atom is -0.339 e. The molecule has 16 heavy (non-hydrogen) atoms. The van der Waals surface area contributed by atoms with Crippen LogP contribution in [0.2, 0.25) is 0 Å². The molecule has 0 amide bonds. The Kier molecular flexibility index (Phi) is 3.90. The number of rotatable bonds is 4. The minimum absolute atomic E-state index is 0.703. The molecule has 1 saturated heterocycles. The van der Waals surface area contributed by atoms with Crippen molar-refractivity contribution < 1.29 is 4.52 Å². The molecular weight excluding hydrogens is 204 g/mol. The average molecular weight is 224 g/mol. The van der Waals surface area contributed by atoms with Gasteiger partial charge in [-0.25, -0.2) is 0 Å². The molecule has 5 heteroatoms. The Morgan fingerprint density at radius 3 is 2.81 bits per heavy atom. The molecule has 1 aromatic heterocycles. The van der Waals surface area contributed by atoms with Gasteiger partial charge in [-0.1, -0.05) is 5.16 Å². The van der Waals surface area contributed by atoms with E-state index in [9.17, 15) is 0 Å². The maximum atomic E-state index is 5.26. The van der Waals surface area contributed by atoms with E-state index < -0.39 is 0 Å². The molecule has 0 saturated carbocycles. The van der Waals surface area contributed by atoms with Crippen LogP contribution in [0.3, 0.4) is 0 Å². The summed E-state index contributed by atoms with van der Waals surface area (Å²) in [6.07, 6.45) is 3.36. The Bertz CT molecular complexity index is 318. The molecule has 0 unspecified atom stereocenters. The van der Waals surface area contributed by atoms with Crippen LogP contribution in [0.1, 0.15) is 24.6 Å². The molecule has 1 N–H and O–H groups in total. The summed E-state index contributed by atoms with van der Waals surface area (Å²) in [5.74, 6) is 2.28. The van der Waals surface area contributed by atoms with Crippen LogP contribution in [0, 0.1) is 5.92 Å². The molecule has 0 aromatic carbocycles. The van der Waals surface area contributed by atoms with Crippen molar-refractivity contribution in [2.45, 2.75) is 25.8 Å². The smallest absolute Gasteiger partial charge is 0.226 e. The van der Waals surface area contributed by atoms with Gasteiger partial charge in [0.15, 0.2) is 5.82 Å². The van der Waals surface area contributed by atoms with Gasteiger partial charge in [0.2, 0.25) is 5.89 Å². The van der Waals surface area contributed by atoms with Gasteiger partial charge in [0, 0.05) is 6.42 Å². The van der Waals surface area contributed by atoms with Gasteiger partial charge in [0.05, 0.1) is 6.54 Å². The standard InChI is InChI=1S/C11H20N4O/c1-15(2)8-10-13-11(16-14-10)7-9-3-5-12-6-4-9/h9,12H,3-8H2,1-2H3. The van der Waals surface area contributed by atoms with Crippen molar-refractivity contribution in [3.05, 3.63) is 11.7 Å². The van der Waals surface area contributed by atoms with Gasteiger partial charge >= 0.3 is 0 Å². The first-order chi connectivity index (χ1) is 7.74. The van der Waals surface area contributed by atoms with Crippen LogP contribution >= 0.6 is 0 Å². The maximum Gasteiger partial charge on any atom is 0.226 e. The molecule has 90 valence electrons. The van der Waals surface area contributed by atoms with Crippen LogP contribution in [-0.2, 0) is 13.0 Å². The first-order valence-electron chi connectivity index (χ1n) is 5.91. The predicted molar refractivity (Wildman–Crippen MR) is 61.0 cm³/mol. The van der Waals surface area contributed by atoms with Crippen molar-refractivity contribution in [1.82, 2.24) is 20.4 Å². The predicted octanol–water partition coefficient (Wildman–Crippen LogP) is 0.673. The van der Waals surface area contributed by atoms with Crippen molar-refractivity contribution >= 4 is 0 Å². The summed E-state index contributed by atoms with van der Waals surface area (Å²) in [5, 5.41) is 7.34. The maximum absolute atomic E-state index is 5.26. The van der Waals surface area contributed by atoms with E-state index in [0.29, 0.717) is 5.92 Å². The fourth-order valence-electron chi connectivity index (χ4n) is 2.05. The molecule has 0 radical (unpaired) electrons. The van der Waals surface area contributed by atoms with Gasteiger partial charge in [-0.15, -0.1) is 0 Å². The zero-order valence-corrected chi connectivity index (χ0v) is 10.1. The van der Waals surface area contributed by atoms with Crippen molar-refractivity contribution in [3.63, 3.8) is 0 Å². The summed E-state index contributed by atoms with van der Waals surface area (Å²) in [4.78, 5) is 6.45. The fraction of sp³-hybridized carbons (Fsp3) is 0.818. The van der Waals surface area contributed by atoms with E-state index >= 15 is 0 Å². The Balaban J connectivity index is 1.86. The monoisotopic (exact) mass is 224 g/mol. The van der Waals surface area contributed by atoms with Gasteiger partial charge < -0.3 is 14.7 Å². The second kappa shape index (κ2) is 5.41. The number of hydrogen-bond donors (Lipinski definition) is 1. The van der Waals surface area contributed by atoms with Gasteiger partial charge in [-0.2, -0.15) is 4.98 Å². The van der Waals surface area contributed by atoms with Crippen LogP contribution in [0.5, 0.6) is 0 Å². The first-order valence-corrected chi connectivity index (χ1v) is 5.91. The minimum atomic E-state index is 0.703. The van der Waals surface area contributed by atoms with Crippen LogP contribution in [0.4, 0.5) is 0 Å².